The van der Waals surface area contributed by atoms with Crippen LogP contribution in [0.2, 0.25) is 10.0 Å². The molecule has 1 amide bonds. The van der Waals surface area contributed by atoms with Crippen LogP contribution in [0, 0.1) is 5.82 Å². The Bertz CT molecular complexity index is 943. The highest BCUT2D eigenvalue weighted by molar-refractivity contribution is 6.35. The fourth-order valence-electron chi connectivity index (χ4n) is 4.28. The van der Waals surface area contributed by atoms with E-state index in [2.05, 4.69) is 15.5 Å². The predicted molar refractivity (Wildman–Crippen MR) is 125 cm³/mol. The largest absolute Gasteiger partial charge is 0.376 e. The van der Waals surface area contributed by atoms with Crippen molar-refractivity contribution >= 4 is 40.5 Å². The molecule has 0 aromatic heterocycles. The van der Waals surface area contributed by atoms with Gasteiger partial charge in [0.2, 0.25) is 5.91 Å². The Kier molecular flexibility index (Phi) is 6.89. The van der Waals surface area contributed by atoms with E-state index >= 15 is 0 Å². The molecule has 2 saturated heterocycles. The van der Waals surface area contributed by atoms with Crippen LogP contribution in [0.1, 0.15) is 31.4 Å². The van der Waals surface area contributed by atoms with Crippen molar-refractivity contribution in [3.8, 4) is 0 Å². The molecule has 166 valence electrons. The maximum Gasteiger partial charge on any atom is 0.239 e. The SMILES string of the molecule is C[C@@H](Nc1cc(N2CCN(C(=O)[C@H]3CCCN3)CC2)ccc1F)c1ccc(Cl)cc1Cl. The smallest absolute Gasteiger partial charge is 0.239 e. The Balaban J connectivity index is 1.41. The van der Waals surface area contributed by atoms with Crippen LogP contribution in [-0.4, -0.2) is 49.6 Å². The highest BCUT2D eigenvalue weighted by Gasteiger charge is 2.29. The van der Waals surface area contributed by atoms with Gasteiger partial charge < -0.3 is 20.4 Å². The zero-order valence-corrected chi connectivity index (χ0v) is 19.0. The van der Waals surface area contributed by atoms with E-state index in [0.29, 0.717) is 28.8 Å². The number of carbonyl (C=O) groups excluding carboxylic acids is 1. The molecule has 0 spiro atoms. The molecule has 0 aliphatic carbocycles. The molecule has 2 aliphatic rings. The topological polar surface area (TPSA) is 47.6 Å². The molecule has 31 heavy (non-hydrogen) atoms. The standard InChI is InChI=1S/C23H27Cl2FN4O/c1-15(18-6-4-16(24)13-19(18)25)28-22-14-17(5-7-20(22)26)29-9-11-30(12-10-29)23(31)21-3-2-8-27-21/h4-7,13-15,21,27-28H,2-3,8-12H2,1H3/t15-,21-/m1/s1. The van der Waals surface area contributed by atoms with Gasteiger partial charge in [-0.3, -0.25) is 4.79 Å². The van der Waals surface area contributed by atoms with Crippen LogP contribution >= 0.6 is 23.2 Å². The molecule has 0 unspecified atom stereocenters. The number of piperazine rings is 1. The number of nitrogens with one attached hydrogen (secondary N) is 2. The number of hydrogen-bond acceptors (Lipinski definition) is 4. The number of nitrogens with zero attached hydrogens (tertiary/aromatic N) is 2. The van der Waals surface area contributed by atoms with Gasteiger partial charge in [0.25, 0.3) is 0 Å². The van der Waals surface area contributed by atoms with Crippen LogP contribution < -0.4 is 15.5 Å². The van der Waals surface area contributed by atoms with Crippen molar-refractivity contribution in [2.45, 2.75) is 31.8 Å². The van der Waals surface area contributed by atoms with Crippen molar-refractivity contribution in [3.05, 3.63) is 57.8 Å². The summed E-state index contributed by atoms with van der Waals surface area (Å²) in [6.07, 6.45) is 1.98. The van der Waals surface area contributed by atoms with Gasteiger partial charge in [-0.05, 0) is 62.2 Å². The summed E-state index contributed by atoms with van der Waals surface area (Å²) in [5, 5.41) is 7.61. The summed E-state index contributed by atoms with van der Waals surface area (Å²) < 4.78 is 14.5. The second-order valence-electron chi connectivity index (χ2n) is 8.16. The van der Waals surface area contributed by atoms with E-state index in [1.54, 1.807) is 18.2 Å². The summed E-state index contributed by atoms with van der Waals surface area (Å²) in [5.41, 5.74) is 2.21. The van der Waals surface area contributed by atoms with Gasteiger partial charge in [0.05, 0.1) is 17.8 Å². The number of halogens is 3. The van der Waals surface area contributed by atoms with Gasteiger partial charge in [-0.1, -0.05) is 29.3 Å². The molecule has 2 heterocycles. The first-order chi connectivity index (χ1) is 14.9. The van der Waals surface area contributed by atoms with Crippen LogP contribution in [0.15, 0.2) is 36.4 Å². The van der Waals surface area contributed by atoms with E-state index in [-0.39, 0.29) is 23.8 Å². The average Bonchev–Trinajstić information content (AvgIpc) is 3.30. The third kappa shape index (κ3) is 5.08. The molecular weight excluding hydrogens is 438 g/mol. The summed E-state index contributed by atoms with van der Waals surface area (Å²) in [5.74, 6) is -0.117. The number of amides is 1. The van der Waals surface area contributed by atoms with Crippen molar-refractivity contribution in [2.75, 3.05) is 42.9 Å². The van der Waals surface area contributed by atoms with E-state index in [0.717, 1.165) is 43.7 Å². The summed E-state index contributed by atoms with van der Waals surface area (Å²) in [4.78, 5) is 16.7. The zero-order valence-electron chi connectivity index (χ0n) is 17.5. The molecule has 0 saturated carbocycles. The molecule has 8 heteroatoms. The molecule has 0 radical (unpaired) electrons. The van der Waals surface area contributed by atoms with Crippen LogP contribution in [0.25, 0.3) is 0 Å². The Morgan fingerprint density at radius 1 is 1.16 bits per heavy atom. The highest BCUT2D eigenvalue weighted by Crippen LogP contribution is 2.31. The minimum Gasteiger partial charge on any atom is -0.376 e. The molecule has 4 rings (SSSR count). The molecule has 2 aliphatic heterocycles. The van der Waals surface area contributed by atoms with Crippen LogP contribution in [0.5, 0.6) is 0 Å². The fourth-order valence-corrected chi connectivity index (χ4v) is 4.86. The third-order valence-corrected chi connectivity index (χ3v) is 6.63. The summed E-state index contributed by atoms with van der Waals surface area (Å²) in [6, 6.07) is 10.2. The Labute approximate surface area is 192 Å². The second kappa shape index (κ2) is 9.63. The van der Waals surface area contributed by atoms with Gasteiger partial charge in [-0.15, -0.1) is 0 Å². The first-order valence-corrected chi connectivity index (χ1v) is 11.5. The van der Waals surface area contributed by atoms with Gasteiger partial charge in [-0.25, -0.2) is 4.39 Å². The van der Waals surface area contributed by atoms with Crippen LogP contribution in [0.4, 0.5) is 15.8 Å². The lowest BCUT2D eigenvalue weighted by molar-refractivity contribution is -0.133. The quantitative estimate of drug-likeness (QED) is 0.672. The minimum absolute atomic E-state index is 0.0330. The van der Waals surface area contributed by atoms with Gasteiger partial charge in [-0.2, -0.15) is 0 Å². The van der Waals surface area contributed by atoms with Gasteiger partial charge in [0.15, 0.2) is 0 Å². The lowest BCUT2D eigenvalue weighted by atomic mass is 10.1. The van der Waals surface area contributed by atoms with Crippen molar-refractivity contribution in [1.82, 2.24) is 10.2 Å². The van der Waals surface area contributed by atoms with Crippen molar-refractivity contribution in [1.29, 1.82) is 0 Å². The second-order valence-corrected chi connectivity index (χ2v) is 9.00. The fraction of sp³-hybridized carbons (Fsp3) is 0.435. The molecule has 2 aromatic rings. The van der Waals surface area contributed by atoms with Crippen molar-refractivity contribution in [3.63, 3.8) is 0 Å². The van der Waals surface area contributed by atoms with E-state index in [1.165, 1.54) is 6.07 Å². The number of carbonyl (C=O) groups is 1. The summed E-state index contributed by atoms with van der Waals surface area (Å²) in [6.45, 7) is 5.65. The molecule has 5 nitrogen and oxygen atoms in total. The molecule has 2 N–H and O–H groups in total. The van der Waals surface area contributed by atoms with Gasteiger partial charge >= 0.3 is 0 Å². The first-order valence-electron chi connectivity index (χ1n) is 10.7. The summed E-state index contributed by atoms with van der Waals surface area (Å²) >= 11 is 12.3. The Hall–Kier alpha value is -2.02. The Morgan fingerprint density at radius 2 is 1.94 bits per heavy atom. The van der Waals surface area contributed by atoms with Crippen molar-refractivity contribution in [2.24, 2.45) is 0 Å². The Morgan fingerprint density at radius 3 is 2.61 bits per heavy atom. The number of benzene rings is 2. The number of hydrogen-bond donors (Lipinski definition) is 2. The maximum absolute atomic E-state index is 14.5. The first kappa shape index (κ1) is 22.2. The minimum atomic E-state index is -0.318. The summed E-state index contributed by atoms with van der Waals surface area (Å²) in [7, 11) is 0. The highest BCUT2D eigenvalue weighted by atomic mass is 35.5. The maximum atomic E-state index is 14.5. The van der Waals surface area contributed by atoms with E-state index < -0.39 is 0 Å². The lowest BCUT2D eigenvalue weighted by Gasteiger charge is -2.37. The molecular formula is C23H27Cl2FN4O. The van der Waals surface area contributed by atoms with Gasteiger partial charge in [0.1, 0.15) is 5.82 Å². The zero-order chi connectivity index (χ0) is 22.0. The third-order valence-electron chi connectivity index (χ3n) is 6.07. The van der Waals surface area contributed by atoms with Gasteiger partial charge in [0, 0.05) is 41.9 Å². The average molecular weight is 465 g/mol. The normalized spacial score (nSPS) is 20.1. The molecule has 2 aromatic carbocycles. The number of rotatable bonds is 5. The lowest BCUT2D eigenvalue weighted by Crippen LogP contribution is -2.53. The predicted octanol–water partition coefficient (Wildman–Crippen LogP) is 4.71. The number of anilines is 2. The van der Waals surface area contributed by atoms with Crippen molar-refractivity contribution < 1.29 is 9.18 Å². The van der Waals surface area contributed by atoms with E-state index in [4.69, 9.17) is 23.2 Å². The molecule has 2 fully saturated rings. The molecule has 2 atom stereocenters. The van der Waals surface area contributed by atoms with Crippen LogP contribution in [-0.2, 0) is 4.79 Å². The van der Waals surface area contributed by atoms with E-state index in [1.807, 2.05) is 24.0 Å². The molecule has 0 bridgehead atoms. The van der Waals surface area contributed by atoms with Crippen LogP contribution in [0.3, 0.4) is 0 Å². The van der Waals surface area contributed by atoms with E-state index in [9.17, 15) is 9.18 Å². The monoisotopic (exact) mass is 464 g/mol.